The number of anilines is 3. The van der Waals surface area contributed by atoms with Crippen molar-refractivity contribution in [3.63, 3.8) is 0 Å². The van der Waals surface area contributed by atoms with Crippen LogP contribution in [-0.4, -0.2) is 67.5 Å². The second-order valence-electron chi connectivity index (χ2n) is 7.51. The number of thiophene rings is 1. The molecule has 0 saturated carbocycles. The molecule has 0 unspecified atom stereocenters. The number of ether oxygens (including phenoxy) is 2. The number of nitrogens with zero attached hydrogens (tertiary/aromatic N) is 2. The Balaban J connectivity index is 1.33. The van der Waals surface area contributed by atoms with Gasteiger partial charge in [0.2, 0.25) is 5.91 Å². The zero-order valence-electron chi connectivity index (χ0n) is 18.0. The Morgan fingerprint density at radius 3 is 2.91 bits per heavy atom. The molecular weight excluding hydrogens is 428 g/mol. The molecule has 1 aliphatic heterocycles. The summed E-state index contributed by atoms with van der Waals surface area (Å²) in [4.78, 5) is 14.6. The van der Waals surface area contributed by atoms with E-state index in [1.807, 2.05) is 24.3 Å². The minimum Gasteiger partial charge on any atom is -0.494 e. The van der Waals surface area contributed by atoms with Crippen LogP contribution in [0.1, 0.15) is 16.8 Å². The average molecular weight is 457 g/mol. The number of aromatic amines is 1. The lowest BCUT2D eigenvalue weighted by atomic mass is 10.2. The average Bonchev–Trinajstić information content (AvgIpc) is 3.48. The van der Waals surface area contributed by atoms with Crippen molar-refractivity contribution in [2.75, 3.05) is 57.1 Å². The molecule has 1 fully saturated rings. The fourth-order valence-electron chi connectivity index (χ4n) is 3.52. The number of H-pyrrole nitrogens is 1. The van der Waals surface area contributed by atoms with E-state index in [0.717, 1.165) is 73.5 Å². The summed E-state index contributed by atoms with van der Waals surface area (Å²) in [7, 11) is 1.65. The van der Waals surface area contributed by atoms with Gasteiger partial charge in [-0.15, -0.1) is 11.3 Å². The molecule has 10 heteroatoms. The van der Waals surface area contributed by atoms with E-state index in [1.54, 1.807) is 18.6 Å². The van der Waals surface area contributed by atoms with Crippen LogP contribution in [0.25, 0.3) is 10.6 Å². The van der Waals surface area contributed by atoms with Gasteiger partial charge in [-0.3, -0.25) is 14.8 Å². The van der Waals surface area contributed by atoms with Crippen molar-refractivity contribution in [3.8, 4) is 16.3 Å². The Morgan fingerprint density at radius 1 is 1.31 bits per heavy atom. The molecule has 1 aliphatic rings. The molecule has 2 aromatic heterocycles. The van der Waals surface area contributed by atoms with Crippen molar-refractivity contribution >= 4 is 34.4 Å². The molecule has 32 heavy (non-hydrogen) atoms. The van der Waals surface area contributed by atoms with Crippen LogP contribution in [0.3, 0.4) is 0 Å². The highest BCUT2D eigenvalue weighted by atomic mass is 32.1. The maximum absolute atomic E-state index is 11.3. The molecule has 0 aliphatic carbocycles. The van der Waals surface area contributed by atoms with Gasteiger partial charge in [0, 0.05) is 42.8 Å². The van der Waals surface area contributed by atoms with Crippen molar-refractivity contribution in [1.29, 1.82) is 0 Å². The second-order valence-corrected chi connectivity index (χ2v) is 8.42. The number of amides is 1. The fourth-order valence-corrected chi connectivity index (χ4v) is 4.39. The number of methoxy groups -OCH3 is 1. The van der Waals surface area contributed by atoms with Crippen molar-refractivity contribution in [2.24, 2.45) is 5.73 Å². The largest absolute Gasteiger partial charge is 0.494 e. The van der Waals surface area contributed by atoms with Gasteiger partial charge in [0.25, 0.3) is 0 Å². The van der Waals surface area contributed by atoms with Gasteiger partial charge < -0.3 is 25.8 Å². The maximum atomic E-state index is 11.3. The van der Waals surface area contributed by atoms with Gasteiger partial charge in [-0.2, -0.15) is 5.10 Å². The number of hydrogen-bond donors (Lipinski definition) is 4. The van der Waals surface area contributed by atoms with Crippen molar-refractivity contribution in [2.45, 2.75) is 6.42 Å². The number of hydrogen-bond acceptors (Lipinski definition) is 8. The first-order valence-electron chi connectivity index (χ1n) is 10.6. The van der Waals surface area contributed by atoms with Gasteiger partial charge in [-0.1, -0.05) is 0 Å². The lowest BCUT2D eigenvalue weighted by molar-refractivity contribution is 0.0378. The SMILES string of the molecule is COc1cc(NCCCN2CCOCC2)ccc1Nc1cc(-c2cc(C(N)=O)cs2)[nH]n1. The first-order valence-corrected chi connectivity index (χ1v) is 11.4. The quantitative estimate of drug-likeness (QED) is 0.346. The van der Waals surface area contributed by atoms with Gasteiger partial charge in [0.05, 0.1) is 42.1 Å². The van der Waals surface area contributed by atoms with Gasteiger partial charge in [-0.25, -0.2) is 0 Å². The van der Waals surface area contributed by atoms with Crippen LogP contribution in [-0.2, 0) is 4.74 Å². The van der Waals surface area contributed by atoms with E-state index in [4.69, 9.17) is 15.2 Å². The van der Waals surface area contributed by atoms with Crippen LogP contribution in [0.2, 0.25) is 0 Å². The van der Waals surface area contributed by atoms with Crippen LogP contribution in [0.15, 0.2) is 35.7 Å². The standard InChI is InChI=1S/C22H28N6O3S/c1-30-19-12-16(24-5-2-6-28-7-9-31-10-8-28)3-4-17(19)25-21-13-18(26-27-21)20-11-15(14-32-20)22(23)29/h3-4,11-14,24H,2,5-10H2,1H3,(H2,23,29)(H2,25,26,27). The minimum absolute atomic E-state index is 0.440. The fraction of sp³-hybridized carbons (Fsp3) is 0.364. The topological polar surface area (TPSA) is 118 Å². The smallest absolute Gasteiger partial charge is 0.249 e. The molecule has 0 atom stereocenters. The third-order valence-electron chi connectivity index (χ3n) is 5.28. The summed E-state index contributed by atoms with van der Waals surface area (Å²) in [5.74, 6) is 0.934. The second kappa shape index (κ2) is 10.5. The Labute approximate surface area is 190 Å². The normalized spacial score (nSPS) is 14.3. The zero-order valence-corrected chi connectivity index (χ0v) is 18.8. The molecule has 9 nitrogen and oxygen atoms in total. The summed E-state index contributed by atoms with van der Waals surface area (Å²) in [5.41, 5.74) is 8.45. The molecule has 0 radical (unpaired) electrons. The Bertz CT molecular complexity index is 1040. The van der Waals surface area contributed by atoms with E-state index in [0.29, 0.717) is 11.4 Å². The van der Waals surface area contributed by atoms with Gasteiger partial charge in [0.1, 0.15) is 5.75 Å². The van der Waals surface area contributed by atoms with Crippen LogP contribution in [0, 0.1) is 0 Å². The van der Waals surface area contributed by atoms with Crippen molar-refractivity contribution < 1.29 is 14.3 Å². The summed E-state index contributed by atoms with van der Waals surface area (Å²) >= 11 is 1.44. The van der Waals surface area contributed by atoms with Gasteiger partial charge in [0.15, 0.2) is 5.82 Å². The number of benzene rings is 1. The monoisotopic (exact) mass is 456 g/mol. The molecule has 0 spiro atoms. The third-order valence-corrected chi connectivity index (χ3v) is 6.24. The van der Waals surface area contributed by atoms with Crippen LogP contribution >= 0.6 is 11.3 Å². The summed E-state index contributed by atoms with van der Waals surface area (Å²) in [6.07, 6.45) is 1.07. The third kappa shape index (κ3) is 5.58. The van der Waals surface area contributed by atoms with Crippen molar-refractivity contribution in [3.05, 3.63) is 41.3 Å². The van der Waals surface area contributed by atoms with E-state index < -0.39 is 5.91 Å². The lowest BCUT2D eigenvalue weighted by Gasteiger charge is -2.26. The van der Waals surface area contributed by atoms with Crippen LogP contribution < -0.4 is 21.1 Å². The summed E-state index contributed by atoms with van der Waals surface area (Å²) in [5, 5.41) is 15.8. The number of morpholine rings is 1. The molecule has 1 saturated heterocycles. The van der Waals surface area contributed by atoms with Gasteiger partial charge in [-0.05, 0) is 31.2 Å². The summed E-state index contributed by atoms with van der Waals surface area (Å²) < 4.78 is 11.0. The minimum atomic E-state index is -0.440. The van der Waals surface area contributed by atoms with E-state index in [1.165, 1.54) is 11.3 Å². The number of carbonyl (C=O) groups excluding carboxylic acids is 1. The number of rotatable bonds is 10. The molecular formula is C22H28N6O3S. The van der Waals surface area contributed by atoms with E-state index >= 15 is 0 Å². The number of nitrogens with two attached hydrogens (primary N) is 1. The van der Waals surface area contributed by atoms with E-state index in [2.05, 4.69) is 25.7 Å². The summed E-state index contributed by atoms with van der Waals surface area (Å²) in [6, 6.07) is 9.60. The molecule has 3 heterocycles. The number of primary amides is 1. The maximum Gasteiger partial charge on any atom is 0.249 e. The number of carbonyl (C=O) groups is 1. The molecule has 5 N–H and O–H groups in total. The highest BCUT2D eigenvalue weighted by Gasteiger charge is 2.12. The predicted molar refractivity (Wildman–Crippen MR) is 127 cm³/mol. The lowest BCUT2D eigenvalue weighted by Crippen LogP contribution is -2.37. The molecule has 1 amide bonds. The first-order chi connectivity index (χ1) is 15.6. The molecule has 3 aromatic rings. The molecule has 0 bridgehead atoms. The number of aromatic nitrogens is 2. The highest BCUT2D eigenvalue weighted by molar-refractivity contribution is 7.13. The molecule has 170 valence electrons. The predicted octanol–water partition coefficient (Wildman–Crippen LogP) is 3.12. The Morgan fingerprint density at radius 2 is 2.16 bits per heavy atom. The van der Waals surface area contributed by atoms with E-state index in [-0.39, 0.29) is 0 Å². The Hall–Kier alpha value is -3.08. The van der Waals surface area contributed by atoms with Crippen LogP contribution in [0.4, 0.5) is 17.2 Å². The molecule has 1 aromatic carbocycles. The van der Waals surface area contributed by atoms with Crippen LogP contribution in [0.5, 0.6) is 5.75 Å². The highest BCUT2D eigenvalue weighted by Crippen LogP contribution is 2.32. The molecule has 4 rings (SSSR count). The van der Waals surface area contributed by atoms with Crippen molar-refractivity contribution in [1.82, 2.24) is 15.1 Å². The zero-order chi connectivity index (χ0) is 22.3. The number of nitrogens with one attached hydrogen (secondary N) is 3. The summed E-state index contributed by atoms with van der Waals surface area (Å²) in [6.45, 7) is 5.66. The van der Waals surface area contributed by atoms with Gasteiger partial charge >= 0.3 is 0 Å². The van der Waals surface area contributed by atoms with E-state index in [9.17, 15) is 4.79 Å². The Kier molecular flexibility index (Phi) is 7.25. The first kappa shape index (κ1) is 22.1.